The fourth-order valence-corrected chi connectivity index (χ4v) is 2.91. The molecule has 3 aromatic rings. The van der Waals surface area contributed by atoms with Crippen LogP contribution in [-0.2, 0) is 5.54 Å². The molecule has 3 heteroatoms. The number of nitrogens with one attached hydrogen (secondary N) is 1. The van der Waals surface area contributed by atoms with Gasteiger partial charge in [-0.25, -0.2) is 0 Å². The Hall–Kier alpha value is -1.77. The lowest BCUT2D eigenvalue weighted by Gasteiger charge is -2.21. The van der Waals surface area contributed by atoms with E-state index in [-0.39, 0.29) is 0 Å². The van der Waals surface area contributed by atoms with E-state index < -0.39 is 5.54 Å². The van der Waals surface area contributed by atoms with Crippen molar-refractivity contribution in [3.8, 4) is 11.3 Å². The largest absolute Gasteiger partial charge is 0.354 e. The first kappa shape index (κ1) is 13.2. The number of hydrogen-bond acceptors (Lipinski definition) is 1. The highest BCUT2D eigenvalue weighted by molar-refractivity contribution is 6.33. The van der Waals surface area contributed by atoms with Crippen LogP contribution in [0.25, 0.3) is 22.2 Å². The highest BCUT2D eigenvalue weighted by atomic mass is 35.5. The summed E-state index contributed by atoms with van der Waals surface area (Å²) >= 11 is 6.35. The lowest BCUT2D eigenvalue weighted by molar-refractivity contribution is 0.561. The van der Waals surface area contributed by atoms with Crippen LogP contribution in [0.5, 0.6) is 0 Å². The molecule has 3 N–H and O–H groups in total. The van der Waals surface area contributed by atoms with E-state index in [1.165, 1.54) is 0 Å². The van der Waals surface area contributed by atoms with Crippen molar-refractivity contribution in [3.05, 3.63) is 59.1 Å². The molecule has 1 aromatic heterocycles. The summed E-state index contributed by atoms with van der Waals surface area (Å²) < 4.78 is 0. The zero-order chi connectivity index (χ0) is 14.3. The Morgan fingerprint density at radius 3 is 2.35 bits per heavy atom. The van der Waals surface area contributed by atoms with Crippen LogP contribution >= 0.6 is 11.6 Å². The van der Waals surface area contributed by atoms with Crippen LogP contribution in [0.15, 0.2) is 48.5 Å². The van der Waals surface area contributed by atoms with Gasteiger partial charge in [0.1, 0.15) is 0 Å². The molecule has 20 heavy (non-hydrogen) atoms. The van der Waals surface area contributed by atoms with E-state index in [2.05, 4.69) is 17.1 Å². The van der Waals surface area contributed by atoms with Crippen LogP contribution in [0.3, 0.4) is 0 Å². The van der Waals surface area contributed by atoms with Crippen LogP contribution in [0, 0.1) is 0 Å². The molecule has 0 bridgehead atoms. The lowest BCUT2D eigenvalue weighted by atomic mass is 9.90. The predicted molar refractivity (Wildman–Crippen MR) is 86.0 cm³/mol. The average Bonchev–Trinajstić information content (AvgIpc) is 2.78. The molecule has 102 valence electrons. The van der Waals surface area contributed by atoms with Gasteiger partial charge in [-0.1, -0.05) is 48.0 Å². The summed E-state index contributed by atoms with van der Waals surface area (Å²) in [6, 6.07) is 16.0. The van der Waals surface area contributed by atoms with Crippen molar-refractivity contribution in [2.75, 3.05) is 0 Å². The van der Waals surface area contributed by atoms with Gasteiger partial charge in [0.05, 0.1) is 5.69 Å². The number of aromatic nitrogens is 1. The van der Waals surface area contributed by atoms with Crippen molar-refractivity contribution < 1.29 is 0 Å². The number of halogens is 1. The maximum absolute atomic E-state index is 6.39. The summed E-state index contributed by atoms with van der Waals surface area (Å²) in [5.74, 6) is 0. The van der Waals surface area contributed by atoms with E-state index >= 15 is 0 Å². The number of H-pyrrole nitrogens is 1. The quantitative estimate of drug-likeness (QED) is 0.705. The molecule has 0 amide bonds. The molecule has 1 heterocycles. The molecule has 2 aromatic carbocycles. The van der Waals surface area contributed by atoms with Gasteiger partial charge in [-0.05, 0) is 26.0 Å². The van der Waals surface area contributed by atoms with Crippen molar-refractivity contribution in [3.63, 3.8) is 0 Å². The summed E-state index contributed by atoms with van der Waals surface area (Å²) in [6.07, 6.45) is 0. The Bertz CT molecular complexity index is 766. The Labute approximate surface area is 123 Å². The second kappa shape index (κ2) is 4.65. The van der Waals surface area contributed by atoms with Crippen molar-refractivity contribution in [2.24, 2.45) is 5.73 Å². The predicted octanol–water partition coefficient (Wildman–Crippen LogP) is 4.68. The summed E-state index contributed by atoms with van der Waals surface area (Å²) in [7, 11) is 0. The fourth-order valence-electron chi connectivity index (χ4n) is 2.68. The smallest absolute Gasteiger partial charge is 0.0531 e. The Morgan fingerprint density at radius 1 is 1.00 bits per heavy atom. The minimum absolute atomic E-state index is 0.450. The molecule has 2 nitrogen and oxygen atoms in total. The lowest BCUT2D eigenvalue weighted by Crippen LogP contribution is -2.29. The van der Waals surface area contributed by atoms with Gasteiger partial charge in [0.25, 0.3) is 0 Å². The first-order chi connectivity index (χ1) is 9.48. The third-order valence-electron chi connectivity index (χ3n) is 3.49. The average molecular weight is 285 g/mol. The maximum Gasteiger partial charge on any atom is 0.0531 e. The summed E-state index contributed by atoms with van der Waals surface area (Å²) in [5.41, 5.74) is 10.1. The fraction of sp³-hybridized carbons (Fsp3) is 0.176. The van der Waals surface area contributed by atoms with Gasteiger partial charge in [0, 0.05) is 32.6 Å². The molecule has 3 rings (SSSR count). The molecule has 0 aliphatic heterocycles. The van der Waals surface area contributed by atoms with Crippen molar-refractivity contribution >= 4 is 22.5 Å². The summed E-state index contributed by atoms with van der Waals surface area (Å²) in [5, 5.41) is 1.87. The van der Waals surface area contributed by atoms with Crippen LogP contribution in [0.1, 0.15) is 19.4 Å². The number of fused-ring (bicyclic) bond motifs is 1. The number of hydrogen-bond donors (Lipinski definition) is 2. The van der Waals surface area contributed by atoms with Crippen molar-refractivity contribution in [2.45, 2.75) is 19.4 Å². The molecule has 0 saturated carbocycles. The molecular formula is C17H17ClN2. The van der Waals surface area contributed by atoms with Crippen LogP contribution in [-0.4, -0.2) is 4.98 Å². The number of para-hydroxylation sites is 1. The summed E-state index contributed by atoms with van der Waals surface area (Å²) in [4.78, 5) is 3.46. The molecule has 0 aliphatic carbocycles. The third-order valence-corrected chi connectivity index (χ3v) is 3.82. The van der Waals surface area contributed by atoms with E-state index in [0.717, 1.165) is 32.7 Å². The highest BCUT2D eigenvalue weighted by Crippen LogP contribution is 2.38. The van der Waals surface area contributed by atoms with Gasteiger partial charge in [0.15, 0.2) is 0 Å². The van der Waals surface area contributed by atoms with Crippen molar-refractivity contribution in [1.29, 1.82) is 0 Å². The first-order valence-corrected chi connectivity index (χ1v) is 7.01. The molecule has 0 atom stereocenters. The van der Waals surface area contributed by atoms with E-state index in [1.807, 2.05) is 50.2 Å². The van der Waals surface area contributed by atoms with Crippen LogP contribution in [0.4, 0.5) is 0 Å². The van der Waals surface area contributed by atoms with Gasteiger partial charge in [-0.15, -0.1) is 0 Å². The molecule has 0 spiro atoms. The molecule has 0 radical (unpaired) electrons. The second-order valence-electron chi connectivity index (χ2n) is 5.62. The van der Waals surface area contributed by atoms with Gasteiger partial charge < -0.3 is 10.7 Å². The SMILES string of the molecule is CC(C)(N)c1c(-c2ccccc2Cl)[nH]c2ccccc12. The maximum atomic E-state index is 6.39. The van der Waals surface area contributed by atoms with E-state index in [1.54, 1.807) is 0 Å². The summed E-state index contributed by atoms with van der Waals surface area (Å²) in [6.45, 7) is 4.03. The Balaban J connectivity index is 2.39. The second-order valence-corrected chi connectivity index (χ2v) is 6.03. The minimum Gasteiger partial charge on any atom is -0.354 e. The normalized spacial score (nSPS) is 12.0. The molecular weight excluding hydrogens is 268 g/mol. The first-order valence-electron chi connectivity index (χ1n) is 6.63. The zero-order valence-electron chi connectivity index (χ0n) is 11.6. The highest BCUT2D eigenvalue weighted by Gasteiger charge is 2.25. The standard InChI is InChI=1S/C17H17ClN2/c1-17(2,19)15-12-8-4-6-10-14(12)20-16(15)11-7-3-5-9-13(11)18/h3-10,20H,19H2,1-2H3. The Morgan fingerprint density at radius 2 is 1.65 bits per heavy atom. The van der Waals surface area contributed by atoms with Gasteiger partial charge in [-0.2, -0.15) is 0 Å². The molecule has 0 fully saturated rings. The number of rotatable bonds is 2. The van der Waals surface area contributed by atoms with Crippen molar-refractivity contribution in [1.82, 2.24) is 4.98 Å². The monoisotopic (exact) mass is 284 g/mol. The van der Waals surface area contributed by atoms with Gasteiger partial charge in [0.2, 0.25) is 0 Å². The minimum atomic E-state index is -0.450. The van der Waals surface area contributed by atoms with E-state index in [4.69, 9.17) is 17.3 Å². The van der Waals surface area contributed by atoms with Crippen LogP contribution < -0.4 is 5.73 Å². The molecule has 0 aliphatic rings. The van der Waals surface area contributed by atoms with E-state index in [9.17, 15) is 0 Å². The van der Waals surface area contributed by atoms with Gasteiger partial charge >= 0.3 is 0 Å². The number of nitrogens with two attached hydrogens (primary N) is 1. The zero-order valence-corrected chi connectivity index (χ0v) is 12.3. The number of benzene rings is 2. The Kier molecular flexibility index (Phi) is 3.08. The topological polar surface area (TPSA) is 41.8 Å². The molecule has 0 unspecified atom stereocenters. The number of aromatic amines is 1. The molecule has 0 saturated heterocycles. The van der Waals surface area contributed by atoms with Gasteiger partial charge in [-0.3, -0.25) is 0 Å². The van der Waals surface area contributed by atoms with E-state index in [0.29, 0.717) is 0 Å². The third kappa shape index (κ3) is 2.11. The van der Waals surface area contributed by atoms with Crippen LogP contribution in [0.2, 0.25) is 5.02 Å².